The Morgan fingerprint density at radius 2 is 1.85 bits per heavy atom. The van der Waals surface area contributed by atoms with Crippen molar-refractivity contribution >= 4 is 29.0 Å². The Bertz CT molecular complexity index is 642. The molecule has 0 bridgehead atoms. The van der Waals surface area contributed by atoms with E-state index in [0.29, 0.717) is 17.2 Å². The smallest absolute Gasteiger partial charge is 0.249 e. The average molecular weight is 305 g/mol. The molecule has 2 aromatic rings. The van der Waals surface area contributed by atoms with Gasteiger partial charge in [-0.1, -0.05) is 12.2 Å². The molecule has 0 aliphatic carbocycles. The van der Waals surface area contributed by atoms with Gasteiger partial charge >= 0.3 is 0 Å². The molecule has 0 spiro atoms. The predicted octanol–water partition coefficient (Wildman–Crippen LogP) is 3.24. The first-order valence-electron chi connectivity index (χ1n) is 5.98. The highest BCUT2D eigenvalue weighted by atomic mass is 32.2. The van der Waals surface area contributed by atoms with Crippen LogP contribution >= 0.6 is 24.0 Å². The van der Waals surface area contributed by atoms with Crippen molar-refractivity contribution in [3.05, 3.63) is 41.1 Å². The fraction of sp³-hybridized carbons (Fsp3) is 0.214. The highest BCUT2D eigenvalue weighted by molar-refractivity contribution is 7.98. The molecule has 20 heavy (non-hydrogen) atoms. The molecule has 0 saturated carbocycles. The molecular formula is C14H15N3OS2. The first-order chi connectivity index (χ1) is 9.52. The van der Waals surface area contributed by atoms with Gasteiger partial charge in [-0.15, -0.1) is 16.9 Å². The lowest BCUT2D eigenvalue weighted by Gasteiger charge is -2.12. The van der Waals surface area contributed by atoms with Crippen molar-refractivity contribution in [2.75, 3.05) is 6.26 Å². The van der Waals surface area contributed by atoms with E-state index in [2.05, 4.69) is 10.2 Å². The Labute approximate surface area is 127 Å². The van der Waals surface area contributed by atoms with Gasteiger partial charge < -0.3 is 10.5 Å². The van der Waals surface area contributed by atoms with Gasteiger partial charge in [0.05, 0.1) is 11.3 Å². The van der Waals surface area contributed by atoms with E-state index in [1.165, 1.54) is 0 Å². The third kappa shape index (κ3) is 3.08. The quantitative estimate of drug-likeness (QED) is 0.691. The molecule has 0 atom stereocenters. The zero-order valence-corrected chi connectivity index (χ0v) is 13.1. The van der Waals surface area contributed by atoms with Gasteiger partial charge in [-0.2, -0.15) is 5.10 Å². The molecule has 0 saturated heterocycles. The highest BCUT2D eigenvalue weighted by Gasteiger charge is 2.15. The number of aryl methyl sites for hydroxylation is 1. The zero-order chi connectivity index (χ0) is 14.7. The minimum atomic E-state index is 0.260. The van der Waals surface area contributed by atoms with Gasteiger partial charge in [0.1, 0.15) is 10.7 Å². The topological polar surface area (TPSA) is 61.0 Å². The van der Waals surface area contributed by atoms with E-state index < -0.39 is 0 Å². The lowest BCUT2D eigenvalue weighted by atomic mass is 10.1. The lowest BCUT2D eigenvalue weighted by Crippen LogP contribution is -2.15. The van der Waals surface area contributed by atoms with Crippen LogP contribution in [0.15, 0.2) is 29.2 Å². The van der Waals surface area contributed by atoms with Crippen LogP contribution in [0.25, 0.3) is 0 Å². The van der Waals surface area contributed by atoms with E-state index in [1.54, 1.807) is 11.8 Å². The number of rotatable bonds is 4. The summed E-state index contributed by atoms with van der Waals surface area (Å²) in [5.41, 5.74) is 8.09. The van der Waals surface area contributed by atoms with Crippen molar-refractivity contribution in [2.24, 2.45) is 5.73 Å². The molecule has 0 aliphatic rings. The van der Waals surface area contributed by atoms with Crippen molar-refractivity contribution in [1.29, 1.82) is 0 Å². The van der Waals surface area contributed by atoms with Crippen LogP contribution in [0.5, 0.6) is 11.6 Å². The first kappa shape index (κ1) is 14.7. The van der Waals surface area contributed by atoms with Crippen molar-refractivity contribution < 1.29 is 4.74 Å². The number of nitrogens with two attached hydrogens (primary N) is 1. The van der Waals surface area contributed by atoms with E-state index in [0.717, 1.165) is 16.2 Å². The molecule has 2 rings (SSSR count). The monoisotopic (exact) mass is 305 g/mol. The molecular weight excluding hydrogens is 290 g/mol. The number of thioether (sulfide) groups is 1. The number of ether oxygens (including phenoxy) is 1. The fourth-order valence-corrected chi connectivity index (χ4v) is 2.35. The van der Waals surface area contributed by atoms with Crippen LogP contribution in [0.4, 0.5) is 0 Å². The summed E-state index contributed by atoms with van der Waals surface area (Å²) >= 11 is 6.75. The van der Waals surface area contributed by atoms with Crippen LogP contribution in [0.1, 0.15) is 16.8 Å². The zero-order valence-electron chi connectivity index (χ0n) is 11.5. The number of aromatic nitrogens is 2. The highest BCUT2D eigenvalue weighted by Crippen LogP contribution is 2.27. The van der Waals surface area contributed by atoms with Crippen molar-refractivity contribution in [3.63, 3.8) is 0 Å². The van der Waals surface area contributed by atoms with Crippen molar-refractivity contribution in [1.82, 2.24) is 10.2 Å². The van der Waals surface area contributed by atoms with Crippen molar-refractivity contribution in [2.45, 2.75) is 18.7 Å². The van der Waals surface area contributed by atoms with Crippen LogP contribution in [-0.4, -0.2) is 21.4 Å². The molecule has 0 fully saturated rings. The third-order valence-corrected chi connectivity index (χ3v) is 3.89. The van der Waals surface area contributed by atoms with Crippen LogP contribution in [0.2, 0.25) is 0 Å². The second-order valence-electron chi connectivity index (χ2n) is 4.23. The van der Waals surface area contributed by atoms with E-state index in [1.807, 2.05) is 44.4 Å². The normalized spacial score (nSPS) is 10.3. The predicted molar refractivity (Wildman–Crippen MR) is 85.7 cm³/mol. The number of benzene rings is 1. The summed E-state index contributed by atoms with van der Waals surface area (Å²) in [6, 6.07) is 7.72. The molecule has 0 radical (unpaired) electrons. The Hall–Kier alpha value is -1.66. The Balaban J connectivity index is 2.37. The second kappa shape index (κ2) is 6.19. The molecule has 0 amide bonds. The summed E-state index contributed by atoms with van der Waals surface area (Å²) in [4.78, 5) is 1.43. The van der Waals surface area contributed by atoms with Gasteiger partial charge in [0.15, 0.2) is 0 Å². The third-order valence-electron chi connectivity index (χ3n) is 2.94. The van der Waals surface area contributed by atoms with Gasteiger partial charge in [-0.05, 0) is 49.9 Å². The largest absolute Gasteiger partial charge is 0.437 e. The van der Waals surface area contributed by atoms with Gasteiger partial charge in [0.2, 0.25) is 5.88 Å². The van der Waals surface area contributed by atoms with Crippen molar-refractivity contribution in [3.8, 4) is 11.6 Å². The number of hydrogen-bond donors (Lipinski definition) is 1. The Morgan fingerprint density at radius 3 is 2.40 bits per heavy atom. The standard InChI is InChI=1S/C14H15N3OS2/c1-8-9(2)16-17-14(12(8)13(15)19)18-10-4-6-11(20-3)7-5-10/h4-7H,1-3H3,(H2,15,19). The number of hydrogen-bond acceptors (Lipinski definition) is 5. The van der Waals surface area contributed by atoms with Gasteiger partial charge in [-0.3, -0.25) is 0 Å². The summed E-state index contributed by atoms with van der Waals surface area (Å²) in [7, 11) is 0. The minimum absolute atomic E-state index is 0.260. The summed E-state index contributed by atoms with van der Waals surface area (Å²) in [6.07, 6.45) is 2.02. The van der Waals surface area contributed by atoms with Gasteiger partial charge in [0.25, 0.3) is 0 Å². The molecule has 2 N–H and O–H groups in total. The molecule has 0 unspecified atom stereocenters. The molecule has 104 valence electrons. The number of thiocarbonyl (C=S) groups is 1. The van der Waals surface area contributed by atoms with Crippen LogP contribution < -0.4 is 10.5 Å². The summed E-state index contributed by atoms with van der Waals surface area (Å²) in [6.45, 7) is 3.77. The maximum atomic E-state index is 5.76. The minimum Gasteiger partial charge on any atom is -0.437 e. The molecule has 1 aromatic carbocycles. The molecule has 1 aromatic heterocycles. The second-order valence-corrected chi connectivity index (χ2v) is 5.55. The maximum absolute atomic E-state index is 5.76. The van der Waals surface area contributed by atoms with E-state index >= 15 is 0 Å². The maximum Gasteiger partial charge on any atom is 0.249 e. The summed E-state index contributed by atoms with van der Waals surface area (Å²) in [5, 5.41) is 8.11. The van der Waals surface area contributed by atoms with Crippen LogP contribution in [-0.2, 0) is 0 Å². The lowest BCUT2D eigenvalue weighted by molar-refractivity contribution is 0.452. The van der Waals surface area contributed by atoms with Gasteiger partial charge in [0, 0.05) is 4.90 Å². The fourth-order valence-electron chi connectivity index (χ4n) is 1.70. The summed E-state index contributed by atoms with van der Waals surface area (Å²) in [5.74, 6) is 1.02. The van der Waals surface area contributed by atoms with Crippen LogP contribution in [0.3, 0.4) is 0 Å². The Morgan fingerprint density at radius 1 is 1.20 bits per heavy atom. The number of nitrogens with zero attached hydrogens (tertiary/aromatic N) is 2. The summed E-state index contributed by atoms with van der Waals surface area (Å²) < 4.78 is 5.76. The first-order valence-corrected chi connectivity index (χ1v) is 7.61. The van der Waals surface area contributed by atoms with Crippen LogP contribution in [0, 0.1) is 13.8 Å². The SMILES string of the molecule is CSc1ccc(Oc2nnc(C)c(C)c2C(N)=S)cc1. The molecule has 1 heterocycles. The molecule has 0 aliphatic heterocycles. The average Bonchev–Trinajstić information content (AvgIpc) is 2.43. The van der Waals surface area contributed by atoms with Gasteiger partial charge in [-0.25, -0.2) is 0 Å². The van der Waals surface area contributed by atoms with E-state index in [4.69, 9.17) is 22.7 Å². The molecule has 4 nitrogen and oxygen atoms in total. The van der Waals surface area contributed by atoms with E-state index in [9.17, 15) is 0 Å². The Kier molecular flexibility index (Phi) is 4.57. The molecule has 6 heteroatoms. The van der Waals surface area contributed by atoms with E-state index in [-0.39, 0.29) is 4.99 Å².